The number of benzene rings is 1. The second-order valence-corrected chi connectivity index (χ2v) is 5.43. The molecule has 0 fully saturated rings. The van der Waals surface area contributed by atoms with Crippen molar-refractivity contribution in [3.8, 4) is 0 Å². The molecular formula is C14H18N2O. The van der Waals surface area contributed by atoms with Crippen LogP contribution in [0, 0.1) is 5.41 Å². The lowest BCUT2D eigenvalue weighted by atomic mass is 9.84. The Labute approximate surface area is 102 Å². The molecule has 1 atom stereocenters. The zero-order valence-corrected chi connectivity index (χ0v) is 10.5. The minimum atomic E-state index is -0.227. The Hall–Kier alpha value is -1.64. The van der Waals surface area contributed by atoms with E-state index in [0.29, 0.717) is 0 Å². The molecule has 0 bridgehead atoms. The topological polar surface area (TPSA) is 41.5 Å². The van der Waals surface area contributed by atoms with Crippen LogP contribution in [-0.4, -0.2) is 11.7 Å². The number of rotatable bonds is 1. The van der Waals surface area contributed by atoms with Crippen LogP contribution >= 0.6 is 0 Å². The van der Waals surface area contributed by atoms with Crippen LogP contribution in [0.15, 0.2) is 35.3 Å². The number of urea groups is 1. The molecular weight excluding hydrogens is 212 g/mol. The van der Waals surface area contributed by atoms with Gasteiger partial charge in [-0.05, 0) is 5.56 Å². The van der Waals surface area contributed by atoms with E-state index in [0.717, 1.165) is 17.7 Å². The van der Waals surface area contributed by atoms with Crippen molar-refractivity contribution in [2.75, 3.05) is 0 Å². The Bertz CT molecular complexity index is 443. The van der Waals surface area contributed by atoms with Crippen molar-refractivity contribution in [3.63, 3.8) is 0 Å². The average Bonchev–Trinajstić information content (AvgIpc) is 2.28. The summed E-state index contributed by atoms with van der Waals surface area (Å²) in [6, 6.07) is 9.86. The fourth-order valence-corrected chi connectivity index (χ4v) is 1.95. The highest BCUT2D eigenvalue weighted by molar-refractivity contribution is 6.00. The molecule has 0 aliphatic carbocycles. The average molecular weight is 230 g/mol. The van der Waals surface area contributed by atoms with Gasteiger partial charge in [0.2, 0.25) is 0 Å². The van der Waals surface area contributed by atoms with Gasteiger partial charge in [-0.2, -0.15) is 0 Å². The number of carbonyl (C=O) groups excluding carboxylic acids is 1. The van der Waals surface area contributed by atoms with Crippen molar-refractivity contribution in [1.29, 1.82) is 0 Å². The van der Waals surface area contributed by atoms with Gasteiger partial charge in [-0.15, -0.1) is 0 Å². The molecule has 1 aromatic carbocycles. The van der Waals surface area contributed by atoms with Crippen molar-refractivity contribution in [3.05, 3.63) is 35.9 Å². The number of hydrogen-bond donors (Lipinski definition) is 1. The van der Waals surface area contributed by atoms with E-state index in [9.17, 15) is 4.79 Å². The van der Waals surface area contributed by atoms with Crippen LogP contribution in [0.2, 0.25) is 0 Å². The molecule has 0 saturated heterocycles. The Morgan fingerprint density at radius 3 is 2.47 bits per heavy atom. The van der Waals surface area contributed by atoms with Crippen LogP contribution in [0.5, 0.6) is 0 Å². The number of nitrogens with one attached hydrogen (secondary N) is 1. The highest BCUT2D eigenvalue weighted by Gasteiger charge is 2.28. The molecule has 1 aliphatic heterocycles. The minimum Gasteiger partial charge on any atom is -0.329 e. The summed E-state index contributed by atoms with van der Waals surface area (Å²) in [6.45, 7) is 6.27. The van der Waals surface area contributed by atoms with Crippen molar-refractivity contribution < 1.29 is 4.79 Å². The zero-order chi connectivity index (χ0) is 12.5. The Morgan fingerprint density at radius 2 is 1.88 bits per heavy atom. The molecule has 0 aromatic heterocycles. The summed E-state index contributed by atoms with van der Waals surface area (Å²) in [5.74, 6) is 0. The lowest BCUT2D eigenvalue weighted by molar-refractivity contribution is 0.243. The first-order chi connectivity index (χ1) is 7.97. The highest BCUT2D eigenvalue weighted by atomic mass is 16.2. The third kappa shape index (κ3) is 2.73. The number of nitrogens with zero attached hydrogens (tertiary/aromatic N) is 1. The third-order valence-corrected chi connectivity index (χ3v) is 3.00. The van der Waals surface area contributed by atoms with E-state index in [1.807, 2.05) is 30.3 Å². The first-order valence-electron chi connectivity index (χ1n) is 5.90. The Kier molecular flexibility index (Phi) is 3.01. The second-order valence-electron chi connectivity index (χ2n) is 5.43. The number of hydrogen-bond acceptors (Lipinski definition) is 1. The van der Waals surface area contributed by atoms with Crippen LogP contribution in [0.1, 0.15) is 38.8 Å². The molecule has 3 heteroatoms. The molecule has 1 heterocycles. The van der Waals surface area contributed by atoms with E-state index in [-0.39, 0.29) is 17.5 Å². The predicted molar refractivity (Wildman–Crippen MR) is 69.2 cm³/mol. The molecule has 17 heavy (non-hydrogen) atoms. The quantitative estimate of drug-likeness (QED) is 0.790. The van der Waals surface area contributed by atoms with Gasteiger partial charge in [0.05, 0.1) is 6.04 Å². The fourth-order valence-electron chi connectivity index (χ4n) is 1.95. The van der Waals surface area contributed by atoms with E-state index in [4.69, 9.17) is 0 Å². The summed E-state index contributed by atoms with van der Waals surface area (Å²) in [6.07, 6.45) is 0.791. The van der Waals surface area contributed by atoms with Crippen LogP contribution < -0.4 is 5.32 Å². The maximum Gasteiger partial charge on any atom is 0.341 e. The van der Waals surface area contributed by atoms with Crippen LogP contribution in [0.4, 0.5) is 4.79 Å². The Balaban J connectivity index is 2.25. The van der Waals surface area contributed by atoms with Gasteiger partial charge in [0.25, 0.3) is 0 Å². The first kappa shape index (κ1) is 11.8. The fraction of sp³-hybridized carbons (Fsp3) is 0.429. The summed E-state index contributed by atoms with van der Waals surface area (Å²) < 4.78 is 0. The van der Waals surface area contributed by atoms with Gasteiger partial charge in [-0.1, -0.05) is 51.1 Å². The van der Waals surface area contributed by atoms with Crippen LogP contribution in [0.3, 0.4) is 0 Å². The smallest absolute Gasteiger partial charge is 0.329 e. The Morgan fingerprint density at radius 1 is 1.24 bits per heavy atom. The third-order valence-electron chi connectivity index (χ3n) is 3.00. The molecule has 3 nitrogen and oxygen atoms in total. The number of aliphatic imine (C=N–C) groups is 1. The predicted octanol–water partition coefficient (Wildman–Crippen LogP) is 3.33. The van der Waals surface area contributed by atoms with Gasteiger partial charge in [0.15, 0.2) is 0 Å². The minimum absolute atomic E-state index is 0.0508. The summed E-state index contributed by atoms with van der Waals surface area (Å²) in [5, 5.41) is 2.91. The molecule has 0 saturated carbocycles. The monoisotopic (exact) mass is 230 g/mol. The molecule has 1 unspecified atom stereocenters. The van der Waals surface area contributed by atoms with Crippen molar-refractivity contribution >= 4 is 11.7 Å². The lowest BCUT2D eigenvalue weighted by Crippen LogP contribution is -2.37. The molecule has 2 rings (SSSR count). The van der Waals surface area contributed by atoms with E-state index in [2.05, 4.69) is 31.1 Å². The van der Waals surface area contributed by atoms with Crippen molar-refractivity contribution in [2.45, 2.75) is 33.2 Å². The van der Waals surface area contributed by atoms with E-state index in [1.165, 1.54) is 0 Å². The molecule has 1 aliphatic rings. The van der Waals surface area contributed by atoms with E-state index >= 15 is 0 Å². The van der Waals surface area contributed by atoms with Gasteiger partial charge < -0.3 is 5.32 Å². The maximum atomic E-state index is 11.6. The van der Waals surface area contributed by atoms with E-state index in [1.54, 1.807) is 0 Å². The van der Waals surface area contributed by atoms with Crippen molar-refractivity contribution in [2.24, 2.45) is 10.4 Å². The normalized spacial score (nSPS) is 20.8. The first-order valence-corrected chi connectivity index (χ1v) is 5.90. The highest BCUT2D eigenvalue weighted by Crippen LogP contribution is 2.28. The van der Waals surface area contributed by atoms with Gasteiger partial charge in [0, 0.05) is 17.5 Å². The van der Waals surface area contributed by atoms with Gasteiger partial charge in [-0.3, -0.25) is 0 Å². The number of carbonyl (C=O) groups is 1. The second kappa shape index (κ2) is 4.32. The summed E-state index contributed by atoms with van der Waals surface area (Å²) in [4.78, 5) is 15.7. The lowest BCUT2D eigenvalue weighted by Gasteiger charge is -2.29. The van der Waals surface area contributed by atoms with Crippen LogP contribution in [-0.2, 0) is 0 Å². The molecule has 1 N–H and O–H groups in total. The van der Waals surface area contributed by atoms with Gasteiger partial charge in [0.1, 0.15) is 0 Å². The molecule has 0 spiro atoms. The number of amides is 2. The van der Waals surface area contributed by atoms with Gasteiger partial charge in [-0.25, -0.2) is 9.79 Å². The standard InChI is InChI=1S/C14H18N2O/c1-14(2,3)12-9-11(15-13(17)16-12)10-7-5-4-6-8-10/h4-8,11H,9H2,1-3H3,(H,15,17). The maximum absolute atomic E-state index is 11.6. The SMILES string of the molecule is CC(C)(C)C1=NC(=O)NC(c2ccccc2)C1. The summed E-state index contributed by atoms with van der Waals surface area (Å²) >= 11 is 0. The molecule has 0 radical (unpaired) electrons. The molecule has 90 valence electrons. The van der Waals surface area contributed by atoms with Gasteiger partial charge >= 0.3 is 6.03 Å². The van der Waals surface area contributed by atoms with E-state index < -0.39 is 0 Å². The van der Waals surface area contributed by atoms with Crippen LogP contribution in [0.25, 0.3) is 0 Å². The molecule has 1 aromatic rings. The zero-order valence-electron chi connectivity index (χ0n) is 10.5. The largest absolute Gasteiger partial charge is 0.341 e. The summed E-state index contributed by atoms with van der Waals surface area (Å²) in [7, 11) is 0. The molecule has 2 amide bonds. The summed E-state index contributed by atoms with van der Waals surface area (Å²) in [5.41, 5.74) is 2.05. The van der Waals surface area contributed by atoms with Crippen molar-refractivity contribution in [1.82, 2.24) is 5.32 Å².